The summed E-state index contributed by atoms with van der Waals surface area (Å²) in [6.07, 6.45) is 0. The Morgan fingerprint density at radius 3 is 2.14 bits per heavy atom. The summed E-state index contributed by atoms with van der Waals surface area (Å²) in [7, 11) is 5.19. The van der Waals surface area contributed by atoms with Gasteiger partial charge in [-0.1, -0.05) is 20.4 Å². The van der Waals surface area contributed by atoms with Crippen LogP contribution in [0.25, 0.3) is 0 Å². The van der Waals surface area contributed by atoms with Crippen molar-refractivity contribution >= 4 is 18.7 Å². The van der Waals surface area contributed by atoms with Gasteiger partial charge in [0, 0.05) is 0 Å². The smallest absolute Gasteiger partial charge is 0.168 e. The van der Waals surface area contributed by atoms with Crippen molar-refractivity contribution < 1.29 is 0 Å². The molecule has 0 saturated carbocycles. The highest BCUT2D eigenvalue weighted by molar-refractivity contribution is 8.22. The van der Waals surface area contributed by atoms with E-state index in [2.05, 4.69) is 20.4 Å². The van der Waals surface area contributed by atoms with Gasteiger partial charge in [-0.2, -0.15) is 11.6 Å². The van der Waals surface area contributed by atoms with Crippen molar-refractivity contribution in [1.82, 2.24) is 0 Å². The van der Waals surface area contributed by atoms with Crippen LogP contribution in [0.4, 0.5) is 0 Å². The van der Waals surface area contributed by atoms with Gasteiger partial charge in [0.25, 0.3) is 0 Å². The van der Waals surface area contributed by atoms with E-state index in [0.717, 1.165) is 4.91 Å². The molecule has 0 aromatic heterocycles. The Labute approximate surface area is 50.7 Å². The first-order valence-electron chi connectivity index (χ1n) is 2.24. The quantitative estimate of drug-likeness (QED) is 0.492. The van der Waals surface area contributed by atoms with Crippen molar-refractivity contribution in [1.29, 1.82) is 0 Å². The van der Waals surface area contributed by atoms with Gasteiger partial charge in [-0.25, -0.2) is 0 Å². The summed E-state index contributed by atoms with van der Waals surface area (Å²) in [6.45, 7) is 7.85. The average Bonchev–Trinajstić information content (AvgIpc) is 1.65. The molecule has 0 rings (SSSR count). The molecule has 0 aliphatic rings. The fourth-order valence-electron chi connectivity index (χ4n) is 0.136. The Bertz CT molecular complexity index is 68.5. The van der Waals surface area contributed by atoms with Crippen molar-refractivity contribution in [2.75, 3.05) is 0 Å². The fourth-order valence-corrected chi connectivity index (χ4v) is 0.408. The Morgan fingerprint density at radius 1 is 1.71 bits per heavy atom. The van der Waals surface area contributed by atoms with Crippen molar-refractivity contribution in [2.45, 2.75) is 13.8 Å². The Kier molecular flexibility index (Phi) is 3.27. The van der Waals surface area contributed by atoms with E-state index in [9.17, 15) is 0 Å². The molecular weight excluding hydrogens is 103 g/mol. The molecule has 0 spiro atoms. The van der Waals surface area contributed by atoms with E-state index in [1.54, 1.807) is 0 Å². The molecular formula is C5H9BS. The second-order valence-corrected chi connectivity index (χ2v) is 2.50. The average molecular weight is 112 g/mol. The molecule has 7 heavy (non-hydrogen) atoms. The molecule has 0 aromatic rings. The maximum absolute atomic E-state index is 5.19. The van der Waals surface area contributed by atoms with Crippen LogP contribution in [-0.2, 0) is 0 Å². The molecule has 0 atom stereocenters. The highest BCUT2D eigenvalue weighted by Crippen LogP contribution is 2.16. The van der Waals surface area contributed by atoms with E-state index in [1.807, 2.05) is 0 Å². The van der Waals surface area contributed by atoms with E-state index >= 15 is 0 Å². The minimum absolute atomic E-state index is 0.509. The normalized spacial score (nSPS) is 9.57. The molecule has 0 heterocycles. The molecule has 38 valence electrons. The molecule has 0 bridgehead atoms. The number of hydrogen-bond donors (Lipinski definition) is 0. The van der Waals surface area contributed by atoms with Gasteiger partial charge in [0.2, 0.25) is 0 Å². The monoisotopic (exact) mass is 112 g/mol. The molecule has 0 unspecified atom stereocenters. The summed E-state index contributed by atoms with van der Waals surface area (Å²) < 4.78 is 0. The van der Waals surface area contributed by atoms with E-state index in [-0.39, 0.29) is 0 Å². The van der Waals surface area contributed by atoms with Crippen LogP contribution >= 0.6 is 11.6 Å². The van der Waals surface area contributed by atoms with Crippen molar-refractivity contribution in [2.24, 2.45) is 5.92 Å². The lowest BCUT2D eigenvalue weighted by Gasteiger charge is -2.03. The van der Waals surface area contributed by atoms with Gasteiger partial charge in [-0.05, 0) is 10.8 Å². The third-order valence-electron chi connectivity index (χ3n) is 0.795. The van der Waals surface area contributed by atoms with Crippen molar-refractivity contribution in [3.8, 4) is 0 Å². The second-order valence-electron chi connectivity index (χ2n) is 1.74. The first-order valence-corrected chi connectivity index (χ1v) is 3.12. The lowest BCUT2D eigenvalue weighted by Crippen LogP contribution is -1.84. The molecule has 0 N–H and O–H groups in total. The molecule has 0 aliphatic heterocycles. The summed E-state index contributed by atoms with van der Waals surface area (Å²) in [6, 6.07) is 0. The highest BCUT2D eigenvalue weighted by atomic mass is 32.2. The minimum Gasteiger partial charge on any atom is -0.198 e. The Morgan fingerprint density at radius 2 is 2.14 bits per heavy atom. The fraction of sp³-hybridized carbons (Fsp3) is 0.600. The maximum Gasteiger partial charge on any atom is 0.168 e. The largest absolute Gasteiger partial charge is 0.198 e. The van der Waals surface area contributed by atoms with Gasteiger partial charge in [0.1, 0.15) is 0 Å². The van der Waals surface area contributed by atoms with E-state index in [0.29, 0.717) is 5.92 Å². The summed E-state index contributed by atoms with van der Waals surface area (Å²) in [5, 5.41) is 0. The van der Waals surface area contributed by atoms with Crippen LogP contribution in [0.5, 0.6) is 0 Å². The van der Waals surface area contributed by atoms with Gasteiger partial charge < -0.3 is 0 Å². The second kappa shape index (κ2) is 3.19. The summed E-state index contributed by atoms with van der Waals surface area (Å²) in [4.78, 5) is 1.04. The van der Waals surface area contributed by atoms with Gasteiger partial charge in [0.15, 0.2) is 7.12 Å². The van der Waals surface area contributed by atoms with Crippen LogP contribution in [0.3, 0.4) is 0 Å². The number of hydrogen-bond acceptors (Lipinski definition) is 1. The Balaban J connectivity index is 3.35. The predicted molar refractivity (Wildman–Crippen MR) is 37.3 cm³/mol. The van der Waals surface area contributed by atoms with Crippen LogP contribution in [0.2, 0.25) is 0 Å². The third-order valence-corrected chi connectivity index (χ3v) is 1.57. The molecule has 0 aliphatic carbocycles. The first-order chi connectivity index (χ1) is 3.18. The Hall–Kier alpha value is 0.155. The van der Waals surface area contributed by atoms with Gasteiger partial charge in [-0.3, -0.25) is 0 Å². The predicted octanol–water partition coefficient (Wildman–Crippen LogP) is 1.97. The number of allylic oxidation sites excluding steroid dienone is 1. The minimum atomic E-state index is 0.509. The lowest BCUT2D eigenvalue weighted by atomic mass is 10.2. The van der Waals surface area contributed by atoms with E-state index in [4.69, 9.17) is 7.12 Å². The number of rotatable bonds is 2. The molecule has 0 fully saturated rings. The van der Waals surface area contributed by atoms with Crippen LogP contribution in [0.1, 0.15) is 13.8 Å². The van der Waals surface area contributed by atoms with Gasteiger partial charge >= 0.3 is 0 Å². The molecule has 0 amide bonds. The summed E-state index contributed by atoms with van der Waals surface area (Å²) in [5.74, 6) is 0.509. The zero-order valence-corrected chi connectivity index (χ0v) is 5.59. The highest BCUT2D eigenvalue weighted by Gasteiger charge is 1.93. The standard InChI is InChI=1S/C5H9BS/c1-4(2)5(3)7-6/h4H,3H2,1-2H3. The molecule has 0 nitrogen and oxygen atoms in total. The lowest BCUT2D eigenvalue weighted by molar-refractivity contribution is 0.821. The SMILES string of the molecule is [B]SC(=C)C(C)C. The zero-order valence-electron chi connectivity index (χ0n) is 4.77. The molecule has 2 radical (unpaired) electrons. The van der Waals surface area contributed by atoms with Crippen molar-refractivity contribution in [3.63, 3.8) is 0 Å². The van der Waals surface area contributed by atoms with Crippen LogP contribution in [0, 0.1) is 5.92 Å². The van der Waals surface area contributed by atoms with Crippen LogP contribution in [-0.4, -0.2) is 7.12 Å². The van der Waals surface area contributed by atoms with Crippen LogP contribution in [0.15, 0.2) is 11.5 Å². The third kappa shape index (κ3) is 2.80. The van der Waals surface area contributed by atoms with Crippen LogP contribution < -0.4 is 0 Å². The van der Waals surface area contributed by atoms with E-state index < -0.39 is 0 Å². The molecule has 0 saturated heterocycles. The maximum atomic E-state index is 5.19. The van der Waals surface area contributed by atoms with Crippen molar-refractivity contribution in [3.05, 3.63) is 11.5 Å². The summed E-state index contributed by atoms with van der Waals surface area (Å²) in [5.41, 5.74) is 0. The first kappa shape index (κ1) is 7.15. The summed E-state index contributed by atoms with van der Waals surface area (Å²) >= 11 is 1.24. The van der Waals surface area contributed by atoms with E-state index in [1.165, 1.54) is 11.6 Å². The topological polar surface area (TPSA) is 0 Å². The zero-order chi connectivity index (χ0) is 5.86. The van der Waals surface area contributed by atoms with Gasteiger partial charge in [0.05, 0.1) is 0 Å². The van der Waals surface area contributed by atoms with Gasteiger partial charge in [-0.15, -0.1) is 0 Å². The molecule has 2 heteroatoms. The molecule has 0 aromatic carbocycles.